The van der Waals surface area contributed by atoms with Crippen LogP contribution in [0.2, 0.25) is 0 Å². The molecular weight excluding hydrogens is 316 g/mol. The number of nitrogens with two attached hydrogens (primary N) is 1. The van der Waals surface area contributed by atoms with Crippen LogP contribution in [0.3, 0.4) is 0 Å². The zero-order chi connectivity index (χ0) is 14.0. The molecule has 0 aliphatic heterocycles. The van der Waals surface area contributed by atoms with Crippen LogP contribution in [0.25, 0.3) is 11.1 Å². The summed E-state index contributed by atoms with van der Waals surface area (Å²) in [6.45, 7) is 0. The molecule has 2 N–H and O–H groups in total. The molecule has 0 spiro atoms. The Balaban J connectivity index is 2.82. The van der Waals surface area contributed by atoms with Crippen LogP contribution in [-0.2, 0) is 0 Å². The second-order valence-corrected chi connectivity index (χ2v) is 4.46. The van der Waals surface area contributed by atoms with Gasteiger partial charge >= 0.3 is 0 Å². The van der Waals surface area contributed by atoms with Gasteiger partial charge in [0, 0.05) is 6.07 Å². The molecule has 1 heterocycles. The normalized spacial score (nSPS) is 10.3. The van der Waals surface area contributed by atoms with Gasteiger partial charge in [0.2, 0.25) is 5.88 Å². The van der Waals surface area contributed by atoms with E-state index in [1.165, 1.54) is 6.20 Å². The fourth-order valence-corrected chi connectivity index (χ4v) is 2.39. The van der Waals surface area contributed by atoms with Crippen molar-refractivity contribution in [2.75, 3.05) is 27.1 Å². The Kier molecular flexibility index (Phi) is 3.84. The summed E-state index contributed by atoms with van der Waals surface area (Å²) in [4.78, 5) is 0. The van der Waals surface area contributed by atoms with Gasteiger partial charge in [0.15, 0.2) is 11.5 Å². The van der Waals surface area contributed by atoms with Crippen LogP contribution in [0.15, 0.2) is 21.3 Å². The van der Waals surface area contributed by atoms with Gasteiger partial charge in [-0.05, 0) is 15.9 Å². The number of benzene rings is 1. The molecule has 0 fully saturated rings. The number of aromatic nitrogens is 1. The van der Waals surface area contributed by atoms with Crippen LogP contribution in [0.5, 0.6) is 17.2 Å². The van der Waals surface area contributed by atoms with Crippen LogP contribution < -0.4 is 19.9 Å². The van der Waals surface area contributed by atoms with Crippen LogP contribution >= 0.6 is 15.9 Å². The number of halogens is 1. The minimum Gasteiger partial charge on any atom is -0.495 e. The Labute approximate surface area is 118 Å². The third kappa shape index (κ3) is 2.21. The fraction of sp³-hybridized carbons (Fsp3) is 0.250. The maximum Gasteiger partial charge on any atom is 0.230 e. The first-order valence-corrected chi connectivity index (χ1v) is 6.12. The highest BCUT2D eigenvalue weighted by atomic mass is 79.9. The lowest BCUT2D eigenvalue weighted by molar-refractivity contribution is 0.350. The molecule has 0 saturated heterocycles. The summed E-state index contributed by atoms with van der Waals surface area (Å²) in [5, 5.41) is 3.67. The molecule has 2 rings (SSSR count). The molecule has 2 aromatic rings. The molecule has 0 aliphatic rings. The molecule has 0 bridgehead atoms. The Morgan fingerprint density at radius 1 is 1.16 bits per heavy atom. The first-order valence-electron chi connectivity index (χ1n) is 5.33. The van der Waals surface area contributed by atoms with Gasteiger partial charge in [-0.3, -0.25) is 0 Å². The summed E-state index contributed by atoms with van der Waals surface area (Å²) >= 11 is 3.42. The lowest BCUT2D eigenvalue weighted by atomic mass is 10.1. The summed E-state index contributed by atoms with van der Waals surface area (Å²) in [6, 6.07) is 1.75. The molecule has 0 amide bonds. The van der Waals surface area contributed by atoms with Crippen molar-refractivity contribution in [1.82, 2.24) is 5.16 Å². The van der Waals surface area contributed by atoms with Crippen molar-refractivity contribution in [3.05, 3.63) is 16.7 Å². The van der Waals surface area contributed by atoms with E-state index in [0.717, 1.165) is 0 Å². The monoisotopic (exact) mass is 328 g/mol. The van der Waals surface area contributed by atoms with E-state index in [9.17, 15) is 0 Å². The number of nitrogen functional groups attached to an aromatic ring is 1. The second kappa shape index (κ2) is 5.40. The molecule has 0 unspecified atom stereocenters. The average Bonchev–Trinajstić information content (AvgIpc) is 2.83. The zero-order valence-electron chi connectivity index (χ0n) is 10.7. The number of hydrogen-bond donors (Lipinski definition) is 1. The van der Waals surface area contributed by atoms with Gasteiger partial charge < -0.3 is 24.5 Å². The minimum absolute atomic E-state index is 0.178. The van der Waals surface area contributed by atoms with Crippen LogP contribution in [0.4, 0.5) is 5.88 Å². The number of methoxy groups -OCH3 is 3. The predicted molar refractivity (Wildman–Crippen MR) is 73.7 cm³/mol. The quantitative estimate of drug-likeness (QED) is 0.929. The molecule has 6 nitrogen and oxygen atoms in total. The SMILES string of the molecule is COc1cc(Br)c(OC)c(-c2cnoc2N)c1OC. The lowest BCUT2D eigenvalue weighted by Crippen LogP contribution is -1.98. The van der Waals surface area contributed by atoms with Crippen molar-refractivity contribution >= 4 is 21.8 Å². The Morgan fingerprint density at radius 3 is 2.32 bits per heavy atom. The topological polar surface area (TPSA) is 79.7 Å². The standard InChI is InChI=1S/C12H13BrN2O4/c1-16-8-4-7(13)10(17-2)9(11(8)18-3)6-5-15-19-12(6)14/h4-5H,14H2,1-3H3. The maximum absolute atomic E-state index is 5.76. The van der Waals surface area contributed by atoms with Crippen LogP contribution in [-0.4, -0.2) is 26.5 Å². The molecule has 0 saturated carbocycles. The van der Waals surface area contributed by atoms with Gasteiger partial charge in [0.1, 0.15) is 5.75 Å². The van der Waals surface area contributed by atoms with Crippen molar-refractivity contribution in [3.63, 3.8) is 0 Å². The lowest BCUT2D eigenvalue weighted by Gasteiger charge is -2.16. The van der Waals surface area contributed by atoms with E-state index in [1.54, 1.807) is 27.4 Å². The minimum atomic E-state index is 0.178. The van der Waals surface area contributed by atoms with E-state index in [1.807, 2.05) is 0 Å². The Hall–Kier alpha value is -1.89. The number of anilines is 1. The highest BCUT2D eigenvalue weighted by molar-refractivity contribution is 9.10. The van der Waals surface area contributed by atoms with Crippen LogP contribution in [0.1, 0.15) is 0 Å². The van der Waals surface area contributed by atoms with Gasteiger partial charge in [-0.2, -0.15) is 0 Å². The van der Waals surface area contributed by atoms with Crippen molar-refractivity contribution in [2.24, 2.45) is 0 Å². The van der Waals surface area contributed by atoms with Gasteiger partial charge in [-0.1, -0.05) is 5.16 Å². The van der Waals surface area contributed by atoms with E-state index >= 15 is 0 Å². The molecule has 1 aromatic carbocycles. The summed E-state index contributed by atoms with van der Waals surface area (Å²) in [5.74, 6) is 1.78. The first-order chi connectivity index (χ1) is 9.13. The van der Waals surface area contributed by atoms with E-state index in [0.29, 0.717) is 32.8 Å². The van der Waals surface area contributed by atoms with Crippen molar-refractivity contribution in [2.45, 2.75) is 0 Å². The Morgan fingerprint density at radius 2 is 1.84 bits per heavy atom. The molecule has 7 heteroatoms. The number of hydrogen-bond acceptors (Lipinski definition) is 6. The maximum atomic E-state index is 5.76. The van der Waals surface area contributed by atoms with Crippen molar-refractivity contribution in [3.8, 4) is 28.4 Å². The van der Waals surface area contributed by atoms with E-state index in [4.69, 9.17) is 24.5 Å². The van der Waals surface area contributed by atoms with Crippen molar-refractivity contribution in [1.29, 1.82) is 0 Å². The third-order valence-electron chi connectivity index (χ3n) is 2.65. The molecule has 0 atom stereocenters. The first kappa shape index (κ1) is 13.5. The molecule has 102 valence electrons. The highest BCUT2D eigenvalue weighted by Crippen LogP contribution is 2.49. The summed E-state index contributed by atoms with van der Waals surface area (Å²) < 4.78 is 21.7. The van der Waals surface area contributed by atoms with Gasteiger partial charge in [-0.15, -0.1) is 0 Å². The van der Waals surface area contributed by atoms with Crippen LogP contribution in [0, 0.1) is 0 Å². The molecular formula is C12H13BrN2O4. The molecule has 0 radical (unpaired) electrons. The Bertz CT molecular complexity index is 598. The van der Waals surface area contributed by atoms with E-state index in [2.05, 4.69) is 21.1 Å². The van der Waals surface area contributed by atoms with E-state index < -0.39 is 0 Å². The highest BCUT2D eigenvalue weighted by Gasteiger charge is 2.24. The van der Waals surface area contributed by atoms with Gasteiger partial charge in [0.05, 0.1) is 43.1 Å². The summed E-state index contributed by atoms with van der Waals surface area (Å²) in [7, 11) is 4.65. The van der Waals surface area contributed by atoms with Gasteiger partial charge in [0.25, 0.3) is 0 Å². The molecule has 19 heavy (non-hydrogen) atoms. The average molecular weight is 329 g/mol. The fourth-order valence-electron chi connectivity index (χ4n) is 1.83. The summed E-state index contributed by atoms with van der Waals surface area (Å²) in [5.41, 5.74) is 6.96. The van der Waals surface area contributed by atoms with Crippen molar-refractivity contribution < 1.29 is 18.7 Å². The summed E-state index contributed by atoms with van der Waals surface area (Å²) in [6.07, 6.45) is 1.50. The number of ether oxygens (including phenoxy) is 3. The third-order valence-corrected chi connectivity index (χ3v) is 3.24. The van der Waals surface area contributed by atoms with Gasteiger partial charge in [-0.25, -0.2) is 0 Å². The molecule has 0 aliphatic carbocycles. The second-order valence-electron chi connectivity index (χ2n) is 3.61. The smallest absolute Gasteiger partial charge is 0.230 e. The zero-order valence-corrected chi connectivity index (χ0v) is 12.3. The van der Waals surface area contributed by atoms with E-state index in [-0.39, 0.29) is 5.88 Å². The number of nitrogens with zero attached hydrogens (tertiary/aromatic N) is 1. The number of rotatable bonds is 4. The largest absolute Gasteiger partial charge is 0.495 e. The predicted octanol–water partition coefficient (Wildman–Crippen LogP) is 2.71. The molecule has 1 aromatic heterocycles.